The molecule has 37 nitrogen and oxygen atoms in total. The molecule has 574 valence electrons. The van der Waals surface area contributed by atoms with Crippen LogP contribution >= 0.6 is 0 Å². The Morgan fingerprint density at radius 3 is 0.280 bits per heavy atom. The number of carbonyl (C=O) groups excluding carboxylic acids is 6. The minimum absolute atomic E-state index is 0. The van der Waals surface area contributed by atoms with Gasteiger partial charge in [-0.05, 0) is 146 Å². The standard InChI is InChI=1S/6C10H8N2.3C2H2O4.ClH.2Fe.Nb.12H2O.O/c6*1-3-7-11-9(5-1)10-6-2-4-8-12-10;3*3-1(4)2(5)6;;;;;;;;;;;;;;;;;/h6*1-8H;3*(H,3,4)(H,5,6);1H;;;;12*1H2;/q;;;;;;;;;;3*+3;;;;;;;;;;;;;-2/p-7. The summed E-state index contributed by atoms with van der Waals surface area (Å²) < 4.78 is 0. The summed E-state index contributed by atoms with van der Waals surface area (Å²) in [6, 6.07) is 69.6. The van der Waals surface area contributed by atoms with Crippen LogP contribution in [0.4, 0.5) is 0 Å². The molecule has 12 aromatic heterocycles. The molecule has 0 unspecified atom stereocenters. The molecule has 0 aliphatic rings. The molecule has 0 bridgehead atoms. The van der Waals surface area contributed by atoms with Gasteiger partial charge in [0.2, 0.25) is 0 Å². The van der Waals surface area contributed by atoms with Gasteiger partial charge in [0, 0.05) is 74.4 Å². The Morgan fingerprint density at radius 1 is 0.178 bits per heavy atom. The van der Waals surface area contributed by atoms with Crippen molar-refractivity contribution in [2.75, 3.05) is 0 Å². The Bertz CT molecular complexity index is 3080. The predicted octanol–water partition coefficient (Wildman–Crippen LogP) is -10.7. The van der Waals surface area contributed by atoms with Crippen LogP contribution in [0.25, 0.3) is 68.3 Å². The molecule has 0 saturated heterocycles. The van der Waals surface area contributed by atoms with E-state index in [1.54, 1.807) is 74.4 Å². The van der Waals surface area contributed by atoms with Gasteiger partial charge in [-0.2, -0.15) is 0 Å². The van der Waals surface area contributed by atoms with Gasteiger partial charge in [-0.3, -0.25) is 59.8 Å². The van der Waals surface area contributed by atoms with Crippen molar-refractivity contribution < 1.29 is 200 Å². The van der Waals surface area contributed by atoms with E-state index >= 15 is 0 Å². The number of hydrogen-bond donors (Lipinski definition) is 0. The Balaban J connectivity index is -0.0000000751. The molecular weight excluding hydrogens is 1600 g/mol. The zero-order chi connectivity index (χ0) is 64.8. The van der Waals surface area contributed by atoms with Crippen LogP contribution in [0.15, 0.2) is 293 Å². The van der Waals surface area contributed by atoms with Gasteiger partial charge in [0.25, 0.3) is 0 Å². The fourth-order valence-corrected chi connectivity index (χ4v) is 6.17. The summed E-state index contributed by atoms with van der Waals surface area (Å²) >= 11 is 0. The molecule has 107 heavy (non-hydrogen) atoms. The summed E-state index contributed by atoms with van der Waals surface area (Å²) in [5.41, 5.74) is 11.0. The smallest absolute Gasteiger partial charge is 2.00 e. The summed E-state index contributed by atoms with van der Waals surface area (Å²) in [4.78, 5) is 104. The third kappa shape index (κ3) is 55.4. The Morgan fingerprint density at radius 2 is 0.243 bits per heavy atom. The van der Waals surface area contributed by atoms with Gasteiger partial charge < -0.3 is 143 Å². The van der Waals surface area contributed by atoms with Crippen LogP contribution in [0.3, 0.4) is 0 Å². The van der Waals surface area contributed by atoms with Crippen molar-refractivity contribution in [2.45, 2.75) is 0 Å². The number of carbonyl (C=O) groups is 6. The maximum absolute atomic E-state index is 8.93. The van der Waals surface area contributed by atoms with E-state index in [2.05, 4.69) is 59.8 Å². The largest absolute Gasteiger partial charge is 3.00 e. The van der Waals surface area contributed by atoms with Crippen LogP contribution in [0.5, 0.6) is 0 Å². The molecule has 0 fully saturated rings. The molecule has 41 heteroatoms. The van der Waals surface area contributed by atoms with Crippen LogP contribution in [-0.4, -0.2) is 161 Å². The number of carboxylic acids is 6. The van der Waals surface area contributed by atoms with Gasteiger partial charge in [0.15, 0.2) is 0 Å². The molecule has 24 N–H and O–H groups in total. The van der Waals surface area contributed by atoms with Crippen molar-refractivity contribution >= 4 is 35.8 Å². The fourth-order valence-electron chi connectivity index (χ4n) is 6.17. The number of carboxylic acid groups (broad SMARTS) is 6. The monoisotopic (exact) mass is 1670 g/mol. The molecule has 0 aliphatic carbocycles. The van der Waals surface area contributed by atoms with Crippen LogP contribution in [0.1, 0.15) is 0 Å². The normalized spacial score (nSPS) is 7.74. The second kappa shape index (κ2) is 78.3. The summed E-state index contributed by atoms with van der Waals surface area (Å²) in [6.07, 6.45) is 21.2. The number of rotatable bonds is 6. The SMILES string of the molecule is O.O.O.O.O.O.O.O.O.O.O.O.O=C([O-])C(=O)[O-].O=C([O-])C(=O)[O-].O=C([O-])C(=O)[O-].[Cl-].[Fe+3].[Fe+3].[Nb+3].[O-2].c1ccc(-c2ccccn2)nc1.c1ccc(-c2ccccn2)nc1.c1ccc(-c2ccccn2)nc1.c1ccc(-c2ccccn2)nc1.c1ccc(-c2ccccn2)nc1.c1ccc(-c2ccccn2)nc1. The van der Waals surface area contributed by atoms with Crippen LogP contribution < -0.4 is 43.0 Å². The van der Waals surface area contributed by atoms with Gasteiger partial charge in [0.05, 0.1) is 104 Å². The van der Waals surface area contributed by atoms with Crippen molar-refractivity contribution in [1.29, 1.82) is 0 Å². The molecular formula is C66H72ClFe2N12NbO25. The number of aliphatic carboxylic acids is 6. The minimum Gasteiger partial charge on any atom is -2.00 e. The van der Waals surface area contributed by atoms with Crippen LogP contribution in [0, 0.1) is 0 Å². The predicted molar refractivity (Wildman–Crippen MR) is 359 cm³/mol. The van der Waals surface area contributed by atoms with E-state index in [-0.39, 0.29) is 140 Å². The second-order valence-electron chi connectivity index (χ2n) is 16.3. The first kappa shape index (κ1) is 128. The van der Waals surface area contributed by atoms with E-state index in [1.807, 2.05) is 218 Å². The first-order valence-electron chi connectivity index (χ1n) is 25.9. The van der Waals surface area contributed by atoms with Gasteiger partial charge in [0.1, 0.15) is 0 Å². The van der Waals surface area contributed by atoms with E-state index in [1.165, 1.54) is 0 Å². The van der Waals surface area contributed by atoms with E-state index < -0.39 is 35.8 Å². The quantitative estimate of drug-likeness (QED) is 0.110. The molecule has 0 atom stereocenters. The molecule has 12 heterocycles. The maximum atomic E-state index is 8.93. The molecule has 0 amide bonds. The van der Waals surface area contributed by atoms with Gasteiger partial charge in [-0.15, -0.1) is 0 Å². The zero-order valence-corrected chi connectivity index (χ0v) is 60.1. The van der Waals surface area contributed by atoms with Crippen molar-refractivity contribution in [2.24, 2.45) is 0 Å². The van der Waals surface area contributed by atoms with E-state index in [9.17, 15) is 0 Å². The van der Waals surface area contributed by atoms with Crippen molar-refractivity contribution in [3.05, 3.63) is 293 Å². The number of aromatic nitrogens is 12. The first-order valence-corrected chi connectivity index (χ1v) is 25.9. The Kier molecular flexibility index (Phi) is 93.7. The third-order valence-electron chi connectivity index (χ3n) is 10.1. The molecule has 0 aliphatic heterocycles. The summed E-state index contributed by atoms with van der Waals surface area (Å²) in [5, 5.41) is 53.6. The van der Waals surface area contributed by atoms with E-state index in [0.717, 1.165) is 68.3 Å². The molecule has 0 aromatic carbocycles. The minimum atomic E-state index is -2.19. The molecule has 2 radical (unpaired) electrons. The van der Waals surface area contributed by atoms with Gasteiger partial charge in [-0.25, -0.2) is 0 Å². The molecule has 0 spiro atoms. The summed E-state index contributed by atoms with van der Waals surface area (Å²) in [6.45, 7) is 0. The molecule has 0 saturated carbocycles. The van der Waals surface area contributed by atoms with Gasteiger partial charge in [-0.1, -0.05) is 72.8 Å². The maximum Gasteiger partial charge on any atom is 3.00 e. The topological polar surface area (TPSA) is 802 Å². The number of pyridine rings is 12. The van der Waals surface area contributed by atoms with Gasteiger partial charge >= 0.3 is 56.5 Å². The number of hydrogen-bond acceptors (Lipinski definition) is 24. The van der Waals surface area contributed by atoms with Crippen molar-refractivity contribution in [3.8, 4) is 68.3 Å². The number of nitrogens with zero attached hydrogens (tertiary/aromatic N) is 12. The van der Waals surface area contributed by atoms with Crippen LogP contribution in [0.2, 0.25) is 0 Å². The Labute approximate surface area is 652 Å². The first-order chi connectivity index (χ1) is 43.7. The average Bonchev–Trinajstić information content (AvgIpc) is 0.932. The average molecular weight is 1670 g/mol. The fraction of sp³-hybridized carbons (Fsp3) is 0. The zero-order valence-electron chi connectivity index (χ0n) is 54.9. The van der Waals surface area contributed by atoms with Crippen molar-refractivity contribution in [1.82, 2.24) is 59.8 Å². The number of halogens is 1. The van der Waals surface area contributed by atoms with E-state index in [0.29, 0.717) is 0 Å². The second-order valence-corrected chi connectivity index (χ2v) is 16.3. The Hall–Kier alpha value is -11.8. The van der Waals surface area contributed by atoms with Crippen molar-refractivity contribution in [3.63, 3.8) is 0 Å². The third-order valence-corrected chi connectivity index (χ3v) is 10.1. The summed E-state index contributed by atoms with van der Waals surface area (Å²) in [5.74, 6) is -13.1. The summed E-state index contributed by atoms with van der Waals surface area (Å²) in [7, 11) is 0. The molecule has 12 rings (SSSR count). The van der Waals surface area contributed by atoms with Crippen LogP contribution in [-0.2, 0) is 90.8 Å². The molecule has 12 aromatic rings. The van der Waals surface area contributed by atoms with E-state index in [4.69, 9.17) is 59.4 Å².